The summed E-state index contributed by atoms with van der Waals surface area (Å²) in [6.45, 7) is 0. The van der Waals surface area contributed by atoms with Gasteiger partial charge < -0.3 is 20.4 Å². The van der Waals surface area contributed by atoms with Crippen LogP contribution in [0, 0.1) is 0 Å². The van der Waals surface area contributed by atoms with E-state index in [1.54, 1.807) is 0 Å². The van der Waals surface area contributed by atoms with Crippen LogP contribution in [-0.2, 0) is 0 Å². The fourth-order valence-electron chi connectivity index (χ4n) is 3.91. The molecule has 2 bridgehead atoms. The molecule has 120 valence electrons. The molecule has 1 amide bonds. The molecule has 2 saturated heterocycles. The van der Waals surface area contributed by atoms with Crippen LogP contribution in [0.25, 0.3) is 11.0 Å². The Kier molecular flexibility index (Phi) is 2.92. The van der Waals surface area contributed by atoms with Crippen molar-refractivity contribution in [1.29, 1.82) is 0 Å². The Morgan fingerprint density at radius 2 is 2.09 bits per heavy atom. The summed E-state index contributed by atoms with van der Waals surface area (Å²) in [5.74, 6) is 0.803. The molecule has 1 aromatic carbocycles. The first kappa shape index (κ1) is 13.4. The van der Waals surface area contributed by atoms with Gasteiger partial charge in [-0.05, 0) is 44.2 Å². The van der Waals surface area contributed by atoms with Crippen molar-refractivity contribution in [3.8, 4) is 0 Å². The van der Waals surface area contributed by atoms with E-state index in [0.717, 1.165) is 23.3 Å². The molecule has 1 aliphatic carbocycles. The molecule has 1 aromatic heterocycles. The number of nitrogens with one attached hydrogen (secondary N) is 3. The van der Waals surface area contributed by atoms with Crippen LogP contribution in [0.4, 0.5) is 5.88 Å². The zero-order valence-corrected chi connectivity index (χ0v) is 13.0. The lowest BCUT2D eigenvalue weighted by atomic mass is 9.95. The van der Waals surface area contributed by atoms with Crippen LogP contribution in [0.2, 0.25) is 0 Å². The lowest BCUT2D eigenvalue weighted by molar-refractivity contribution is 0.0931. The zero-order valence-electron chi connectivity index (χ0n) is 13.0. The molecule has 3 aliphatic rings. The number of carbonyl (C=O) groups excluding carboxylic acids is 1. The first-order valence-electron chi connectivity index (χ1n) is 8.62. The van der Waals surface area contributed by atoms with Gasteiger partial charge in [0.05, 0.1) is 0 Å². The number of rotatable bonds is 4. The minimum atomic E-state index is -0.000600. The minimum Gasteiger partial charge on any atom is -0.441 e. The van der Waals surface area contributed by atoms with Crippen molar-refractivity contribution in [1.82, 2.24) is 10.6 Å². The van der Waals surface area contributed by atoms with Gasteiger partial charge in [-0.25, -0.2) is 0 Å². The van der Waals surface area contributed by atoms with Crippen LogP contribution >= 0.6 is 0 Å². The third kappa shape index (κ3) is 2.49. The number of amides is 1. The maximum Gasteiger partial charge on any atom is 0.251 e. The Morgan fingerprint density at radius 1 is 1.17 bits per heavy atom. The summed E-state index contributed by atoms with van der Waals surface area (Å²) in [7, 11) is 0. The van der Waals surface area contributed by atoms with Gasteiger partial charge in [-0.3, -0.25) is 4.79 Å². The molecule has 2 aromatic rings. The summed E-state index contributed by atoms with van der Waals surface area (Å²) in [4.78, 5) is 12.5. The highest BCUT2D eigenvalue weighted by Gasteiger charge is 2.39. The van der Waals surface area contributed by atoms with E-state index in [-0.39, 0.29) is 11.9 Å². The van der Waals surface area contributed by atoms with E-state index < -0.39 is 0 Å². The molecule has 23 heavy (non-hydrogen) atoms. The van der Waals surface area contributed by atoms with Gasteiger partial charge in [0.25, 0.3) is 5.91 Å². The van der Waals surface area contributed by atoms with Crippen LogP contribution < -0.4 is 16.0 Å². The van der Waals surface area contributed by atoms with Crippen molar-refractivity contribution < 1.29 is 9.21 Å². The normalized spacial score (nSPS) is 29.1. The number of hydrogen-bond donors (Lipinski definition) is 3. The molecule has 3 heterocycles. The first-order chi connectivity index (χ1) is 11.2. The van der Waals surface area contributed by atoms with Gasteiger partial charge in [-0.15, -0.1) is 0 Å². The number of furan rings is 1. The smallest absolute Gasteiger partial charge is 0.251 e. The Hall–Kier alpha value is -2.01. The van der Waals surface area contributed by atoms with Crippen molar-refractivity contribution in [3.63, 3.8) is 0 Å². The third-order valence-corrected chi connectivity index (χ3v) is 5.32. The van der Waals surface area contributed by atoms with Gasteiger partial charge in [0.2, 0.25) is 0 Å². The largest absolute Gasteiger partial charge is 0.441 e. The summed E-state index contributed by atoms with van der Waals surface area (Å²) >= 11 is 0. The maximum absolute atomic E-state index is 12.5. The van der Waals surface area contributed by atoms with E-state index in [2.05, 4.69) is 16.0 Å². The predicted molar refractivity (Wildman–Crippen MR) is 88.7 cm³/mol. The topological polar surface area (TPSA) is 66.3 Å². The molecule has 0 unspecified atom stereocenters. The van der Waals surface area contributed by atoms with E-state index in [1.807, 2.05) is 24.3 Å². The van der Waals surface area contributed by atoms with E-state index in [1.165, 1.54) is 25.7 Å². The predicted octanol–water partition coefficient (Wildman–Crippen LogP) is 2.63. The lowest BCUT2D eigenvalue weighted by Gasteiger charge is -2.21. The minimum absolute atomic E-state index is 0.000600. The summed E-state index contributed by atoms with van der Waals surface area (Å²) in [6, 6.07) is 9.57. The second-order valence-electron chi connectivity index (χ2n) is 7.14. The monoisotopic (exact) mass is 311 g/mol. The van der Waals surface area contributed by atoms with Gasteiger partial charge in [-0.1, -0.05) is 6.07 Å². The highest BCUT2D eigenvalue weighted by molar-refractivity contribution is 5.98. The van der Waals surface area contributed by atoms with Crippen LogP contribution in [-0.4, -0.2) is 30.1 Å². The molecular weight excluding hydrogens is 290 g/mol. The van der Waals surface area contributed by atoms with E-state index in [0.29, 0.717) is 23.7 Å². The molecule has 1 saturated carbocycles. The van der Waals surface area contributed by atoms with Gasteiger partial charge in [0, 0.05) is 41.2 Å². The average molecular weight is 311 g/mol. The Labute approximate surface area is 134 Å². The summed E-state index contributed by atoms with van der Waals surface area (Å²) in [5, 5.41) is 11.1. The third-order valence-electron chi connectivity index (χ3n) is 5.32. The van der Waals surface area contributed by atoms with Crippen LogP contribution in [0.3, 0.4) is 0 Å². The number of hydrogen-bond acceptors (Lipinski definition) is 4. The molecule has 5 nitrogen and oxygen atoms in total. The zero-order chi connectivity index (χ0) is 15.4. The number of carbonyl (C=O) groups is 1. The number of benzene rings is 1. The van der Waals surface area contributed by atoms with E-state index in [9.17, 15) is 4.79 Å². The van der Waals surface area contributed by atoms with Crippen molar-refractivity contribution >= 4 is 22.8 Å². The molecule has 5 heteroatoms. The summed E-state index contributed by atoms with van der Waals surface area (Å²) in [6.07, 6.45) is 5.88. The average Bonchev–Trinajstić information content (AvgIpc) is 2.97. The fourth-order valence-corrected chi connectivity index (χ4v) is 3.91. The molecule has 3 atom stereocenters. The van der Waals surface area contributed by atoms with Crippen molar-refractivity contribution in [2.45, 2.75) is 56.3 Å². The van der Waals surface area contributed by atoms with Crippen molar-refractivity contribution in [2.75, 3.05) is 5.32 Å². The van der Waals surface area contributed by atoms with Crippen LogP contribution in [0.15, 0.2) is 28.7 Å². The molecule has 3 fully saturated rings. The highest BCUT2D eigenvalue weighted by atomic mass is 16.3. The quantitative estimate of drug-likeness (QED) is 0.812. The van der Waals surface area contributed by atoms with Crippen LogP contribution in [0.1, 0.15) is 42.5 Å². The first-order valence-corrected chi connectivity index (χ1v) is 8.62. The molecular formula is C18H21N3O2. The van der Waals surface area contributed by atoms with E-state index in [4.69, 9.17) is 4.42 Å². The Balaban J connectivity index is 1.33. The van der Waals surface area contributed by atoms with Gasteiger partial charge >= 0.3 is 0 Å². The standard InChI is InChI=1S/C18H21N3O2/c22-18(21-15-9-13-5-6-14(15)19-13)11-2-1-10-8-17(20-12-3-4-12)23-16(10)7-11/h1-2,7-8,12-15,19-20H,3-6,9H2,(H,21,22)/t13-,14+,15-/m1/s1. The van der Waals surface area contributed by atoms with Gasteiger partial charge in [0.15, 0.2) is 5.88 Å². The molecule has 0 spiro atoms. The van der Waals surface area contributed by atoms with E-state index >= 15 is 0 Å². The fraction of sp³-hybridized carbons (Fsp3) is 0.500. The number of anilines is 1. The second kappa shape index (κ2) is 4.99. The van der Waals surface area contributed by atoms with Crippen molar-refractivity contribution in [3.05, 3.63) is 29.8 Å². The summed E-state index contributed by atoms with van der Waals surface area (Å²) in [5.41, 5.74) is 1.44. The highest BCUT2D eigenvalue weighted by Crippen LogP contribution is 2.30. The lowest BCUT2D eigenvalue weighted by Crippen LogP contribution is -2.42. The number of fused-ring (bicyclic) bond motifs is 3. The molecule has 2 aliphatic heterocycles. The maximum atomic E-state index is 12.5. The van der Waals surface area contributed by atoms with Gasteiger partial charge in [-0.2, -0.15) is 0 Å². The second-order valence-corrected chi connectivity index (χ2v) is 7.14. The molecule has 3 N–H and O–H groups in total. The summed E-state index contributed by atoms with van der Waals surface area (Å²) < 4.78 is 5.83. The van der Waals surface area contributed by atoms with Crippen molar-refractivity contribution in [2.24, 2.45) is 0 Å². The molecule has 5 rings (SSSR count). The Bertz CT molecular complexity index is 765. The van der Waals surface area contributed by atoms with Crippen LogP contribution in [0.5, 0.6) is 0 Å². The van der Waals surface area contributed by atoms with Gasteiger partial charge in [0.1, 0.15) is 5.58 Å². The Morgan fingerprint density at radius 3 is 2.83 bits per heavy atom. The SMILES string of the molecule is O=C(N[C@@H]1C[C@H]2CC[C@@H]1N2)c1ccc2cc(NC3CC3)oc2c1. The molecule has 0 radical (unpaired) electrons.